The molecule has 0 radical (unpaired) electrons. The van der Waals surface area contributed by atoms with Gasteiger partial charge in [-0.05, 0) is 72.7 Å². The standard InChI is InChI=1S/C52H35N5O/c1-3-16-38-42-31-34(37-23-15-26-48-49(37)41-22-12-14-25-47(41)58-48)28-30-45(42)57(43(38)4-2)52-54-50(33-17-7-5-8-18-33)53-51(55-52)35-27-29-40-39-21-11-13-24-44(39)56(46(40)32-35)36-19-9-6-10-20-36/h3-32H,2H2,1H3/b16-3-. The van der Waals surface area contributed by atoms with Gasteiger partial charge < -0.3 is 8.98 Å². The molecule has 4 heterocycles. The molecule has 0 saturated heterocycles. The van der Waals surface area contributed by atoms with Gasteiger partial charge in [0.1, 0.15) is 11.2 Å². The number of hydrogen-bond acceptors (Lipinski definition) is 4. The van der Waals surface area contributed by atoms with Gasteiger partial charge in [0, 0.05) is 49.3 Å². The number of allylic oxidation sites excluding steroid dienone is 1. The fourth-order valence-corrected chi connectivity index (χ4v) is 8.55. The van der Waals surface area contributed by atoms with Crippen LogP contribution >= 0.6 is 0 Å². The Hall–Kier alpha value is -7.83. The van der Waals surface area contributed by atoms with Crippen LogP contribution in [0.1, 0.15) is 18.2 Å². The molecule has 0 atom stereocenters. The number of aromatic nitrogens is 5. The lowest BCUT2D eigenvalue weighted by molar-refractivity contribution is 0.669. The van der Waals surface area contributed by atoms with Gasteiger partial charge in [0.25, 0.3) is 0 Å². The highest BCUT2D eigenvalue weighted by atomic mass is 16.3. The predicted molar refractivity (Wildman–Crippen MR) is 239 cm³/mol. The third-order valence-electron chi connectivity index (χ3n) is 11.1. The number of rotatable bonds is 7. The minimum atomic E-state index is 0.513. The minimum Gasteiger partial charge on any atom is -0.456 e. The molecular weight excluding hydrogens is 711 g/mol. The Balaban J connectivity index is 1.15. The van der Waals surface area contributed by atoms with Gasteiger partial charge in [-0.2, -0.15) is 9.97 Å². The second-order valence-electron chi connectivity index (χ2n) is 14.4. The number of nitrogens with zero attached hydrogens (tertiary/aromatic N) is 5. The Morgan fingerprint density at radius 2 is 1.19 bits per heavy atom. The summed E-state index contributed by atoms with van der Waals surface area (Å²) in [4.78, 5) is 15.6. The zero-order valence-corrected chi connectivity index (χ0v) is 31.7. The third-order valence-corrected chi connectivity index (χ3v) is 11.1. The first-order valence-electron chi connectivity index (χ1n) is 19.4. The van der Waals surface area contributed by atoms with Crippen LogP contribution in [0.5, 0.6) is 0 Å². The minimum absolute atomic E-state index is 0.513. The summed E-state index contributed by atoms with van der Waals surface area (Å²) in [6, 6.07) is 56.8. The number of benzene rings is 7. The molecule has 11 aromatic rings. The highest BCUT2D eigenvalue weighted by Gasteiger charge is 2.22. The van der Waals surface area contributed by atoms with Crippen LogP contribution in [0.15, 0.2) is 181 Å². The van der Waals surface area contributed by atoms with Crippen LogP contribution < -0.4 is 0 Å². The van der Waals surface area contributed by atoms with Crippen LogP contribution in [0.4, 0.5) is 0 Å². The number of para-hydroxylation sites is 3. The van der Waals surface area contributed by atoms with Crippen LogP contribution in [0.25, 0.3) is 112 Å². The normalized spacial score (nSPS) is 11.9. The second kappa shape index (κ2) is 13.4. The van der Waals surface area contributed by atoms with Crippen molar-refractivity contribution in [2.75, 3.05) is 0 Å². The zero-order chi connectivity index (χ0) is 38.7. The van der Waals surface area contributed by atoms with Crippen molar-refractivity contribution >= 4 is 66.8 Å². The molecule has 0 unspecified atom stereocenters. The highest BCUT2D eigenvalue weighted by molar-refractivity contribution is 6.13. The Labute approximate surface area is 334 Å². The van der Waals surface area contributed by atoms with Crippen molar-refractivity contribution in [3.05, 3.63) is 188 Å². The van der Waals surface area contributed by atoms with E-state index in [1.165, 1.54) is 5.39 Å². The molecule has 4 aromatic heterocycles. The van der Waals surface area contributed by atoms with Gasteiger partial charge >= 0.3 is 0 Å². The maximum Gasteiger partial charge on any atom is 0.238 e. The van der Waals surface area contributed by atoms with E-state index in [1.54, 1.807) is 0 Å². The van der Waals surface area contributed by atoms with Gasteiger partial charge in [-0.25, -0.2) is 4.98 Å². The Bertz CT molecular complexity index is 3420. The summed E-state index contributed by atoms with van der Waals surface area (Å²) in [6.45, 7) is 6.36. The molecule has 0 N–H and O–H groups in total. The molecule has 0 saturated carbocycles. The number of furan rings is 1. The molecule has 6 nitrogen and oxygen atoms in total. The molecule has 7 aromatic carbocycles. The van der Waals surface area contributed by atoms with Crippen molar-refractivity contribution in [3.8, 4) is 45.5 Å². The first-order valence-corrected chi connectivity index (χ1v) is 19.4. The van der Waals surface area contributed by atoms with E-state index in [1.807, 2.05) is 67.6 Å². The topological polar surface area (TPSA) is 61.7 Å². The summed E-state index contributed by atoms with van der Waals surface area (Å²) in [7, 11) is 0. The van der Waals surface area contributed by atoms with Gasteiger partial charge in [-0.3, -0.25) is 4.57 Å². The predicted octanol–water partition coefficient (Wildman–Crippen LogP) is 13.5. The van der Waals surface area contributed by atoms with Crippen LogP contribution in [-0.4, -0.2) is 24.1 Å². The van der Waals surface area contributed by atoms with E-state index in [-0.39, 0.29) is 0 Å². The van der Waals surface area contributed by atoms with Crippen molar-refractivity contribution < 1.29 is 4.42 Å². The van der Waals surface area contributed by atoms with E-state index in [4.69, 9.17) is 19.4 Å². The lowest BCUT2D eigenvalue weighted by Crippen LogP contribution is -2.08. The van der Waals surface area contributed by atoms with Crippen molar-refractivity contribution in [2.45, 2.75) is 6.92 Å². The van der Waals surface area contributed by atoms with E-state index in [0.717, 1.165) is 88.5 Å². The molecule has 11 rings (SSSR count). The van der Waals surface area contributed by atoms with Crippen LogP contribution in [-0.2, 0) is 0 Å². The fourth-order valence-electron chi connectivity index (χ4n) is 8.55. The van der Waals surface area contributed by atoms with Crippen LogP contribution in [0.2, 0.25) is 0 Å². The average Bonchev–Trinajstić information content (AvgIpc) is 3.94. The number of fused-ring (bicyclic) bond motifs is 7. The van der Waals surface area contributed by atoms with Gasteiger partial charge in [0.2, 0.25) is 5.95 Å². The van der Waals surface area contributed by atoms with E-state index >= 15 is 0 Å². The lowest BCUT2D eigenvalue weighted by Gasteiger charge is -2.12. The van der Waals surface area contributed by atoms with Gasteiger partial charge in [-0.15, -0.1) is 0 Å². The molecule has 6 heteroatoms. The number of hydrogen-bond donors (Lipinski definition) is 0. The molecule has 0 aliphatic carbocycles. The van der Waals surface area contributed by atoms with Crippen molar-refractivity contribution in [1.29, 1.82) is 0 Å². The Kier molecular flexibility index (Phi) is 7.76. The van der Waals surface area contributed by atoms with Gasteiger partial charge in [0.15, 0.2) is 11.6 Å². The first kappa shape index (κ1) is 33.5. The summed E-state index contributed by atoms with van der Waals surface area (Å²) >= 11 is 0. The van der Waals surface area contributed by atoms with Gasteiger partial charge in [0.05, 0.1) is 22.2 Å². The largest absolute Gasteiger partial charge is 0.456 e. The maximum atomic E-state index is 6.27. The quantitative estimate of drug-likeness (QED) is 0.163. The summed E-state index contributed by atoms with van der Waals surface area (Å²) in [5, 5.41) is 5.62. The molecule has 58 heavy (non-hydrogen) atoms. The molecule has 0 amide bonds. The van der Waals surface area contributed by atoms with E-state index in [0.29, 0.717) is 17.6 Å². The zero-order valence-electron chi connectivity index (χ0n) is 31.7. The SMILES string of the molecule is C=Cc1c(/C=C\C)c2cc(-c3cccc4oc5ccccc5c34)ccc2n1-c1nc(-c2ccccc2)nc(-c2ccc3c4ccccc4n(-c4ccccc4)c3c2)n1. The molecular formula is C52H35N5O. The van der Waals surface area contributed by atoms with E-state index in [9.17, 15) is 0 Å². The molecule has 0 spiro atoms. The summed E-state index contributed by atoms with van der Waals surface area (Å²) in [5.41, 5.74) is 11.9. The summed E-state index contributed by atoms with van der Waals surface area (Å²) in [5.74, 6) is 1.68. The van der Waals surface area contributed by atoms with Gasteiger partial charge in [-0.1, -0.05) is 134 Å². The van der Waals surface area contributed by atoms with E-state index < -0.39 is 0 Å². The maximum absolute atomic E-state index is 6.27. The summed E-state index contributed by atoms with van der Waals surface area (Å²) in [6.07, 6.45) is 6.11. The summed E-state index contributed by atoms with van der Waals surface area (Å²) < 4.78 is 10.7. The van der Waals surface area contributed by atoms with Crippen LogP contribution in [0, 0.1) is 0 Å². The first-order chi connectivity index (χ1) is 28.7. The van der Waals surface area contributed by atoms with Crippen molar-refractivity contribution in [2.24, 2.45) is 0 Å². The van der Waals surface area contributed by atoms with E-state index in [2.05, 4.69) is 137 Å². The molecule has 0 aliphatic heterocycles. The monoisotopic (exact) mass is 745 g/mol. The third kappa shape index (κ3) is 5.23. The Morgan fingerprint density at radius 3 is 2.00 bits per heavy atom. The second-order valence-corrected chi connectivity index (χ2v) is 14.4. The van der Waals surface area contributed by atoms with Crippen molar-refractivity contribution in [1.82, 2.24) is 24.1 Å². The molecule has 0 aliphatic rings. The molecule has 0 bridgehead atoms. The fraction of sp³-hybridized carbons (Fsp3) is 0.0192. The molecule has 0 fully saturated rings. The van der Waals surface area contributed by atoms with Crippen molar-refractivity contribution in [3.63, 3.8) is 0 Å². The highest BCUT2D eigenvalue weighted by Crippen LogP contribution is 2.40. The van der Waals surface area contributed by atoms with Crippen LogP contribution in [0.3, 0.4) is 0 Å². The Morgan fingerprint density at radius 1 is 0.517 bits per heavy atom. The molecule has 274 valence electrons. The smallest absolute Gasteiger partial charge is 0.238 e. The average molecular weight is 746 g/mol. The lowest BCUT2D eigenvalue weighted by atomic mass is 9.97.